The molecule has 0 saturated heterocycles. The van der Waals surface area contributed by atoms with E-state index in [9.17, 15) is 0 Å². The van der Waals surface area contributed by atoms with Crippen molar-refractivity contribution in [3.8, 4) is 0 Å². The highest BCUT2D eigenvalue weighted by molar-refractivity contribution is 7.15. The number of hydrogen-bond acceptors (Lipinski definition) is 4. The standard InChI is InChI=1S/C15H27N3S/c1-5-8-18(10-12-6-7-12)15-17-14(11(2)3)13(19-15)9-16-4/h11-12,16H,5-10H2,1-4H3. The van der Waals surface area contributed by atoms with E-state index in [0.717, 1.165) is 19.0 Å². The molecule has 0 spiro atoms. The van der Waals surface area contributed by atoms with Crippen LogP contribution in [0, 0.1) is 5.92 Å². The number of nitrogens with zero attached hydrogens (tertiary/aromatic N) is 2. The van der Waals surface area contributed by atoms with Crippen molar-refractivity contribution in [3.63, 3.8) is 0 Å². The molecule has 1 saturated carbocycles. The van der Waals surface area contributed by atoms with Crippen molar-refractivity contribution in [2.75, 3.05) is 25.0 Å². The van der Waals surface area contributed by atoms with Gasteiger partial charge in [-0.05, 0) is 38.1 Å². The van der Waals surface area contributed by atoms with Crippen LogP contribution in [0.1, 0.15) is 56.5 Å². The summed E-state index contributed by atoms with van der Waals surface area (Å²) in [5.41, 5.74) is 1.28. The Balaban J connectivity index is 2.17. The molecule has 0 radical (unpaired) electrons. The third-order valence-electron chi connectivity index (χ3n) is 3.54. The van der Waals surface area contributed by atoms with E-state index < -0.39 is 0 Å². The minimum atomic E-state index is 0.512. The maximum absolute atomic E-state index is 4.93. The van der Waals surface area contributed by atoms with Crippen LogP contribution in [0.4, 0.5) is 5.13 Å². The van der Waals surface area contributed by atoms with E-state index in [1.165, 1.54) is 41.5 Å². The first-order valence-corrected chi connectivity index (χ1v) is 8.36. The van der Waals surface area contributed by atoms with Crippen LogP contribution >= 0.6 is 11.3 Å². The zero-order valence-corrected chi connectivity index (χ0v) is 13.5. The highest BCUT2D eigenvalue weighted by Crippen LogP contribution is 2.35. The molecule has 0 atom stereocenters. The van der Waals surface area contributed by atoms with Crippen molar-refractivity contribution in [3.05, 3.63) is 10.6 Å². The van der Waals surface area contributed by atoms with Crippen LogP contribution in [-0.2, 0) is 6.54 Å². The summed E-state index contributed by atoms with van der Waals surface area (Å²) in [7, 11) is 2.01. The summed E-state index contributed by atoms with van der Waals surface area (Å²) < 4.78 is 0. The largest absolute Gasteiger partial charge is 0.348 e. The monoisotopic (exact) mass is 281 g/mol. The molecule has 108 valence electrons. The highest BCUT2D eigenvalue weighted by atomic mass is 32.1. The minimum absolute atomic E-state index is 0.512. The Hall–Kier alpha value is -0.610. The van der Waals surface area contributed by atoms with Gasteiger partial charge in [0.05, 0.1) is 5.69 Å². The maximum atomic E-state index is 4.93. The second-order valence-electron chi connectivity index (χ2n) is 5.88. The Labute approximate surface area is 121 Å². The van der Waals surface area contributed by atoms with Gasteiger partial charge >= 0.3 is 0 Å². The molecule has 1 aromatic rings. The molecule has 1 aliphatic carbocycles. The average Bonchev–Trinajstić information content (AvgIpc) is 3.07. The van der Waals surface area contributed by atoms with Crippen molar-refractivity contribution in [2.24, 2.45) is 5.92 Å². The number of hydrogen-bond donors (Lipinski definition) is 1. The third-order valence-corrected chi connectivity index (χ3v) is 4.67. The summed E-state index contributed by atoms with van der Waals surface area (Å²) in [6.07, 6.45) is 4.02. The van der Waals surface area contributed by atoms with Gasteiger partial charge in [0.2, 0.25) is 0 Å². The summed E-state index contributed by atoms with van der Waals surface area (Å²) in [6, 6.07) is 0. The van der Waals surface area contributed by atoms with Crippen LogP contribution in [0.25, 0.3) is 0 Å². The van der Waals surface area contributed by atoms with Crippen LogP contribution in [0.5, 0.6) is 0 Å². The van der Waals surface area contributed by atoms with Gasteiger partial charge in [-0.25, -0.2) is 4.98 Å². The summed E-state index contributed by atoms with van der Waals surface area (Å²) in [5, 5.41) is 4.51. The molecular weight excluding hydrogens is 254 g/mol. The fourth-order valence-corrected chi connectivity index (χ4v) is 3.63. The molecule has 1 N–H and O–H groups in total. The van der Waals surface area contributed by atoms with Gasteiger partial charge < -0.3 is 10.2 Å². The van der Waals surface area contributed by atoms with Crippen LogP contribution in [0.2, 0.25) is 0 Å². The SMILES string of the molecule is CCCN(CC1CC1)c1nc(C(C)C)c(CNC)s1. The van der Waals surface area contributed by atoms with Crippen LogP contribution in [0.3, 0.4) is 0 Å². The molecule has 4 heteroatoms. The third kappa shape index (κ3) is 3.93. The highest BCUT2D eigenvalue weighted by Gasteiger charge is 2.26. The Morgan fingerprint density at radius 3 is 2.68 bits per heavy atom. The second kappa shape index (κ2) is 6.71. The molecule has 2 rings (SSSR count). The molecule has 0 bridgehead atoms. The molecule has 1 heterocycles. The van der Waals surface area contributed by atoms with E-state index in [-0.39, 0.29) is 0 Å². The normalized spacial score (nSPS) is 15.2. The summed E-state index contributed by atoms with van der Waals surface area (Å²) in [6.45, 7) is 10.0. The van der Waals surface area contributed by atoms with E-state index in [1.807, 2.05) is 18.4 Å². The molecule has 1 fully saturated rings. The molecule has 1 aromatic heterocycles. The van der Waals surface area contributed by atoms with E-state index >= 15 is 0 Å². The summed E-state index contributed by atoms with van der Waals surface area (Å²) in [4.78, 5) is 8.85. The topological polar surface area (TPSA) is 28.2 Å². The van der Waals surface area contributed by atoms with Crippen LogP contribution in [-0.4, -0.2) is 25.1 Å². The van der Waals surface area contributed by atoms with Gasteiger partial charge in [-0.15, -0.1) is 11.3 Å². The van der Waals surface area contributed by atoms with Crippen molar-refractivity contribution in [1.29, 1.82) is 0 Å². The van der Waals surface area contributed by atoms with E-state index in [4.69, 9.17) is 4.98 Å². The summed E-state index contributed by atoms with van der Waals surface area (Å²) >= 11 is 1.88. The number of anilines is 1. The van der Waals surface area contributed by atoms with Crippen molar-refractivity contribution in [1.82, 2.24) is 10.3 Å². The first kappa shape index (κ1) is 14.8. The smallest absolute Gasteiger partial charge is 0.185 e. The first-order chi connectivity index (χ1) is 9.15. The number of thiazole rings is 1. The van der Waals surface area contributed by atoms with Crippen molar-refractivity contribution < 1.29 is 0 Å². The minimum Gasteiger partial charge on any atom is -0.348 e. The summed E-state index contributed by atoms with van der Waals surface area (Å²) in [5.74, 6) is 1.43. The molecule has 3 nitrogen and oxygen atoms in total. The second-order valence-corrected chi connectivity index (χ2v) is 6.94. The Morgan fingerprint density at radius 1 is 1.42 bits per heavy atom. The van der Waals surface area contributed by atoms with E-state index in [1.54, 1.807) is 0 Å². The maximum Gasteiger partial charge on any atom is 0.185 e. The van der Waals surface area contributed by atoms with Gasteiger partial charge in [0.1, 0.15) is 0 Å². The number of rotatable bonds is 8. The lowest BCUT2D eigenvalue weighted by molar-refractivity contribution is 0.700. The molecule has 19 heavy (non-hydrogen) atoms. The molecule has 0 unspecified atom stereocenters. The predicted molar refractivity (Wildman–Crippen MR) is 84.2 cm³/mol. The zero-order chi connectivity index (χ0) is 13.8. The molecule has 1 aliphatic rings. The van der Waals surface area contributed by atoms with Gasteiger partial charge in [-0.2, -0.15) is 0 Å². The van der Waals surface area contributed by atoms with Gasteiger partial charge in [-0.1, -0.05) is 20.8 Å². The quantitative estimate of drug-likeness (QED) is 0.789. The zero-order valence-electron chi connectivity index (χ0n) is 12.7. The molecule has 0 amide bonds. The van der Waals surface area contributed by atoms with Crippen molar-refractivity contribution in [2.45, 2.75) is 52.5 Å². The van der Waals surface area contributed by atoms with Gasteiger partial charge in [0.15, 0.2) is 5.13 Å². The Kier molecular flexibility index (Phi) is 5.22. The van der Waals surface area contributed by atoms with Gasteiger partial charge in [0, 0.05) is 24.5 Å². The first-order valence-electron chi connectivity index (χ1n) is 7.54. The van der Waals surface area contributed by atoms with Gasteiger partial charge in [0.25, 0.3) is 0 Å². The molecule has 0 aliphatic heterocycles. The Bertz CT molecular complexity index is 396. The lowest BCUT2D eigenvalue weighted by Crippen LogP contribution is -2.26. The molecular formula is C15H27N3S. The number of nitrogens with one attached hydrogen (secondary N) is 1. The lowest BCUT2D eigenvalue weighted by atomic mass is 10.1. The average molecular weight is 281 g/mol. The molecule has 0 aromatic carbocycles. The fraction of sp³-hybridized carbons (Fsp3) is 0.800. The van der Waals surface area contributed by atoms with Crippen LogP contribution < -0.4 is 10.2 Å². The number of aromatic nitrogens is 1. The fourth-order valence-electron chi connectivity index (χ4n) is 2.37. The van der Waals surface area contributed by atoms with Crippen LogP contribution in [0.15, 0.2) is 0 Å². The van der Waals surface area contributed by atoms with E-state index in [2.05, 4.69) is 31.0 Å². The van der Waals surface area contributed by atoms with Gasteiger partial charge in [-0.3, -0.25) is 0 Å². The lowest BCUT2D eigenvalue weighted by Gasteiger charge is -2.20. The van der Waals surface area contributed by atoms with Crippen molar-refractivity contribution >= 4 is 16.5 Å². The van der Waals surface area contributed by atoms with E-state index in [0.29, 0.717) is 5.92 Å². The Morgan fingerprint density at radius 2 is 2.16 bits per heavy atom. The predicted octanol–water partition coefficient (Wildman–Crippen LogP) is 3.61.